The molecule has 0 saturated heterocycles. The van der Waals surface area contributed by atoms with Crippen LogP contribution in [0.1, 0.15) is 5.56 Å². The van der Waals surface area contributed by atoms with Crippen LogP contribution in [-0.4, -0.2) is 12.7 Å². The summed E-state index contributed by atoms with van der Waals surface area (Å²) in [7, 11) is 0. The molecule has 0 aliphatic heterocycles. The molecule has 5 heteroatoms. The molecule has 1 amide bonds. The first-order valence-corrected chi connectivity index (χ1v) is 6.52. The lowest BCUT2D eigenvalue weighted by Gasteiger charge is -2.11. The average molecular weight is 299 g/mol. The Balaban J connectivity index is 1.97. The number of ether oxygens (including phenoxy) is 2. The minimum absolute atomic E-state index is 0.0306. The Kier molecular flexibility index (Phi) is 5.38. The Morgan fingerprint density at radius 3 is 2.73 bits per heavy atom. The second-order valence-electron chi connectivity index (χ2n) is 4.32. The van der Waals surface area contributed by atoms with Crippen molar-refractivity contribution in [1.29, 1.82) is 0 Å². The van der Waals surface area contributed by atoms with Gasteiger partial charge in [-0.05, 0) is 17.7 Å². The summed E-state index contributed by atoms with van der Waals surface area (Å²) in [5.41, 5.74) is 1.15. The van der Waals surface area contributed by atoms with Crippen molar-refractivity contribution in [2.45, 2.75) is 6.61 Å². The Hall–Kier alpha value is -3.00. The highest BCUT2D eigenvalue weighted by molar-refractivity contribution is 5.86. The summed E-state index contributed by atoms with van der Waals surface area (Å²) in [6.45, 7) is 0.103. The minimum atomic E-state index is -0.666. The van der Waals surface area contributed by atoms with Crippen LogP contribution in [0.15, 0.2) is 48.5 Å². The number of hydrogen-bond acceptors (Lipinski definition) is 3. The Morgan fingerprint density at radius 2 is 2.00 bits per heavy atom. The lowest BCUT2D eigenvalue weighted by molar-refractivity contribution is 0.155. The van der Waals surface area contributed by atoms with E-state index in [-0.39, 0.29) is 24.7 Å². The number of halogens is 1. The van der Waals surface area contributed by atoms with Gasteiger partial charge in [-0.3, -0.25) is 5.32 Å². The van der Waals surface area contributed by atoms with Gasteiger partial charge < -0.3 is 9.47 Å². The molecule has 0 aliphatic carbocycles. The monoisotopic (exact) mass is 299 g/mol. The number of hydrogen-bond donors (Lipinski definition) is 1. The molecule has 0 saturated carbocycles. The SMILES string of the molecule is C#CCOc1cc(F)ccc1NC(=O)OCc1ccccc1. The van der Waals surface area contributed by atoms with Gasteiger partial charge in [0.25, 0.3) is 0 Å². The highest BCUT2D eigenvalue weighted by atomic mass is 19.1. The third kappa shape index (κ3) is 4.53. The van der Waals surface area contributed by atoms with Crippen LogP contribution in [0.3, 0.4) is 0 Å². The molecule has 0 aliphatic rings. The maximum atomic E-state index is 13.2. The van der Waals surface area contributed by atoms with E-state index >= 15 is 0 Å². The molecular weight excluding hydrogens is 285 g/mol. The first-order chi connectivity index (χ1) is 10.7. The van der Waals surface area contributed by atoms with Gasteiger partial charge in [0.05, 0.1) is 5.69 Å². The second kappa shape index (κ2) is 7.70. The fourth-order valence-corrected chi connectivity index (χ4v) is 1.71. The number of terminal acetylenes is 1. The molecule has 0 spiro atoms. The fourth-order valence-electron chi connectivity index (χ4n) is 1.71. The van der Waals surface area contributed by atoms with Crippen molar-refractivity contribution in [2.75, 3.05) is 11.9 Å². The number of anilines is 1. The van der Waals surface area contributed by atoms with E-state index in [0.29, 0.717) is 0 Å². The number of carbonyl (C=O) groups excluding carboxylic acids is 1. The molecule has 0 bridgehead atoms. The van der Waals surface area contributed by atoms with E-state index < -0.39 is 11.9 Å². The molecule has 0 atom stereocenters. The van der Waals surface area contributed by atoms with Crippen LogP contribution in [0.2, 0.25) is 0 Å². The van der Waals surface area contributed by atoms with Crippen LogP contribution in [0.4, 0.5) is 14.9 Å². The lowest BCUT2D eigenvalue weighted by atomic mass is 10.2. The van der Waals surface area contributed by atoms with Crippen LogP contribution in [0.25, 0.3) is 0 Å². The second-order valence-corrected chi connectivity index (χ2v) is 4.32. The summed E-state index contributed by atoms with van der Waals surface area (Å²) in [6.07, 6.45) is 4.43. The van der Waals surface area contributed by atoms with Crippen molar-refractivity contribution in [3.63, 3.8) is 0 Å². The van der Waals surface area contributed by atoms with Crippen LogP contribution in [0, 0.1) is 18.2 Å². The maximum Gasteiger partial charge on any atom is 0.412 e. The molecule has 2 rings (SSSR count). The third-order valence-electron chi connectivity index (χ3n) is 2.70. The van der Waals surface area contributed by atoms with E-state index in [1.807, 2.05) is 30.3 Å². The third-order valence-corrected chi connectivity index (χ3v) is 2.70. The summed E-state index contributed by atoms with van der Waals surface area (Å²) >= 11 is 0. The fraction of sp³-hybridized carbons (Fsp3) is 0.118. The first-order valence-electron chi connectivity index (χ1n) is 6.52. The van der Waals surface area contributed by atoms with Crippen LogP contribution >= 0.6 is 0 Å². The predicted octanol–water partition coefficient (Wildman–Crippen LogP) is 3.59. The van der Waals surface area contributed by atoms with Crippen molar-refractivity contribution in [3.8, 4) is 18.1 Å². The largest absolute Gasteiger partial charge is 0.479 e. The van der Waals surface area contributed by atoms with Crippen molar-refractivity contribution in [2.24, 2.45) is 0 Å². The topological polar surface area (TPSA) is 47.6 Å². The first kappa shape index (κ1) is 15.4. The zero-order valence-electron chi connectivity index (χ0n) is 11.7. The molecule has 4 nitrogen and oxygen atoms in total. The number of benzene rings is 2. The van der Waals surface area contributed by atoms with Gasteiger partial charge >= 0.3 is 6.09 Å². The van der Waals surface area contributed by atoms with E-state index in [4.69, 9.17) is 15.9 Å². The normalized spacial score (nSPS) is 9.64. The molecule has 2 aromatic rings. The zero-order valence-corrected chi connectivity index (χ0v) is 11.7. The smallest absolute Gasteiger partial charge is 0.412 e. The van der Waals surface area contributed by atoms with Gasteiger partial charge in [0.2, 0.25) is 0 Å². The van der Waals surface area contributed by atoms with E-state index in [0.717, 1.165) is 11.6 Å². The van der Waals surface area contributed by atoms with Gasteiger partial charge in [-0.15, -0.1) is 6.42 Å². The van der Waals surface area contributed by atoms with Crippen LogP contribution in [-0.2, 0) is 11.3 Å². The molecule has 22 heavy (non-hydrogen) atoms. The molecular formula is C17H14FNO3. The number of carbonyl (C=O) groups is 1. The molecule has 2 aromatic carbocycles. The molecule has 0 aromatic heterocycles. The van der Waals surface area contributed by atoms with E-state index in [9.17, 15) is 9.18 Å². The predicted molar refractivity (Wildman–Crippen MR) is 81.0 cm³/mol. The van der Waals surface area contributed by atoms with Crippen molar-refractivity contribution >= 4 is 11.8 Å². The van der Waals surface area contributed by atoms with Crippen LogP contribution in [0.5, 0.6) is 5.75 Å². The number of rotatable bonds is 5. The molecule has 1 N–H and O–H groups in total. The molecule has 0 fully saturated rings. The quantitative estimate of drug-likeness (QED) is 0.858. The van der Waals surface area contributed by atoms with Gasteiger partial charge in [-0.1, -0.05) is 36.3 Å². The highest BCUT2D eigenvalue weighted by Crippen LogP contribution is 2.25. The van der Waals surface area contributed by atoms with E-state index in [1.165, 1.54) is 12.1 Å². The number of nitrogens with one attached hydrogen (secondary N) is 1. The average Bonchev–Trinajstić information content (AvgIpc) is 2.54. The van der Waals surface area contributed by atoms with Gasteiger partial charge in [0.1, 0.15) is 24.8 Å². The minimum Gasteiger partial charge on any atom is -0.479 e. The lowest BCUT2D eigenvalue weighted by Crippen LogP contribution is -2.14. The highest BCUT2D eigenvalue weighted by Gasteiger charge is 2.10. The molecule has 112 valence electrons. The van der Waals surface area contributed by atoms with Gasteiger partial charge in [-0.2, -0.15) is 0 Å². The maximum absolute atomic E-state index is 13.2. The van der Waals surface area contributed by atoms with Gasteiger partial charge in [0.15, 0.2) is 0 Å². The Bertz CT molecular complexity index is 680. The van der Waals surface area contributed by atoms with E-state index in [2.05, 4.69) is 11.2 Å². The van der Waals surface area contributed by atoms with Gasteiger partial charge in [0, 0.05) is 6.07 Å². The summed E-state index contributed by atoms with van der Waals surface area (Å²) in [6, 6.07) is 13.0. The summed E-state index contributed by atoms with van der Waals surface area (Å²) in [4.78, 5) is 11.8. The summed E-state index contributed by atoms with van der Waals surface area (Å²) in [5.74, 6) is 1.93. The zero-order chi connectivity index (χ0) is 15.8. The van der Waals surface area contributed by atoms with Crippen molar-refractivity contribution < 1.29 is 18.7 Å². The summed E-state index contributed by atoms with van der Waals surface area (Å²) in [5, 5.41) is 2.50. The molecule has 0 unspecified atom stereocenters. The van der Waals surface area contributed by atoms with Crippen molar-refractivity contribution in [1.82, 2.24) is 0 Å². The van der Waals surface area contributed by atoms with E-state index in [1.54, 1.807) is 0 Å². The molecule has 0 radical (unpaired) electrons. The Labute approximate surface area is 127 Å². The summed E-state index contributed by atoms with van der Waals surface area (Å²) < 4.78 is 23.5. The number of amides is 1. The molecule has 0 heterocycles. The Morgan fingerprint density at radius 1 is 1.23 bits per heavy atom. The van der Waals surface area contributed by atoms with Gasteiger partial charge in [-0.25, -0.2) is 9.18 Å². The van der Waals surface area contributed by atoms with Crippen LogP contribution < -0.4 is 10.1 Å². The standard InChI is InChI=1S/C17H14FNO3/c1-2-10-21-16-11-14(18)8-9-15(16)19-17(20)22-12-13-6-4-3-5-7-13/h1,3-9,11H,10,12H2,(H,19,20). The van der Waals surface area contributed by atoms with Crippen molar-refractivity contribution in [3.05, 3.63) is 59.9 Å².